The SMILES string of the molecule is FC(F)(F)Cc1ccn2nc(CC(F)(F)F)nc2n1. The summed E-state index contributed by atoms with van der Waals surface area (Å²) < 4.78 is 73.7. The van der Waals surface area contributed by atoms with E-state index >= 15 is 0 Å². The van der Waals surface area contributed by atoms with Crippen molar-refractivity contribution in [2.24, 2.45) is 0 Å². The van der Waals surface area contributed by atoms with E-state index in [4.69, 9.17) is 0 Å². The first kappa shape index (κ1) is 13.6. The predicted octanol–water partition coefficient (Wildman–Crippen LogP) is 2.33. The van der Waals surface area contributed by atoms with Crippen LogP contribution in [0.3, 0.4) is 0 Å². The molecule has 0 radical (unpaired) electrons. The molecule has 0 bridgehead atoms. The lowest BCUT2D eigenvalue weighted by molar-refractivity contribution is -0.129. The molecule has 4 nitrogen and oxygen atoms in total. The van der Waals surface area contributed by atoms with Gasteiger partial charge in [0.05, 0.1) is 12.1 Å². The Hall–Kier alpha value is -1.87. The van der Waals surface area contributed by atoms with Gasteiger partial charge in [-0.2, -0.15) is 31.3 Å². The second-order valence-electron chi connectivity index (χ2n) is 3.78. The van der Waals surface area contributed by atoms with Crippen molar-refractivity contribution in [3.63, 3.8) is 0 Å². The molecule has 0 unspecified atom stereocenters. The first-order valence-electron chi connectivity index (χ1n) is 4.97. The monoisotopic (exact) mass is 284 g/mol. The molecule has 0 fully saturated rings. The third-order valence-corrected chi connectivity index (χ3v) is 2.05. The van der Waals surface area contributed by atoms with Crippen LogP contribution in [0.5, 0.6) is 0 Å². The Labute approximate surface area is 102 Å². The van der Waals surface area contributed by atoms with Crippen molar-refractivity contribution in [1.82, 2.24) is 19.6 Å². The molecule has 104 valence electrons. The highest BCUT2D eigenvalue weighted by Gasteiger charge is 2.31. The van der Waals surface area contributed by atoms with E-state index in [0.29, 0.717) is 0 Å². The van der Waals surface area contributed by atoms with Crippen LogP contribution in [0.25, 0.3) is 5.78 Å². The first-order chi connectivity index (χ1) is 8.62. The first-order valence-corrected chi connectivity index (χ1v) is 4.97. The summed E-state index contributed by atoms with van der Waals surface area (Å²) in [6, 6.07) is 1.03. The molecule has 0 saturated carbocycles. The second-order valence-corrected chi connectivity index (χ2v) is 3.78. The van der Waals surface area contributed by atoms with Gasteiger partial charge in [0, 0.05) is 6.20 Å². The lowest BCUT2D eigenvalue weighted by Crippen LogP contribution is -2.13. The largest absolute Gasteiger partial charge is 0.396 e. The molecular formula is C9H6F6N4. The number of hydrogen-bond donors (Lipinski definition) is 0. The van der Waals surface area contributed by atoms with Gasteiger partial charge >= 0.3 is 12.4 Å². The van der Waals surface area contributed by atoms with Gasteiger partial charge < -0.3 is 0 Å². The van der Waals surface area contributed by atoms with Crippen molar-refractivity contribution in [3.8, 4) is 0 Å². The van der Waals surface area contributed by atoms with Crippen LogP contribution in [-0.4, -0.2) is 31.9 Å². The molecule has 0 aliphatic heterocycles. The maximum Gasteiger partial charge on any atom is 0.396 e. The lowest BCUT2D eigenvalue weighted by atomic mass is 10.3. The highest BCUT2D eigenvalue weighted by molar-refractivity contribution is 5.28. The third kappa shape index (κ3) is 3.80. The topological polar surface area (TPSA) is 43.1 Å². The van der Waals surface area contributed by atoms with Gasteiger partial charge in [-0.05, 0) is 6.07 Å². The van der Waals surface area contributed by atoms with Crippen molar-refractivity contribution in [1.29, 1.82) is 0 Å². The number of hydrogen-bond acceptors (Lipinski definition) is 3. The van der Waals surface area contributed by atoms with Crippen molar-refractivity contribution < 1.29 is 26.3 Å². The Kier molecular flexibility index (Phi) is 3.11. The van der Waals surface area contributed by atoms with E-state index in [-0.39, 0.29) is 11.5 Å². The molecule has 0 atom stereocenters. The zero-order chi connectivity index (χ0) is 14.3. The molecule has 0 amide bonds. The van der Waals surface area contributed by atoms with Crippen LogP contribution in [-0.2, 0) is 12.8 Å². The van der Waals surface area contributed by atoms with Gasteiger partial charge in [-0.15, -0.1) is 5.10 Å². The van der Waals surface area contributed by atoms with Gasteiger partial charge in [-0.25, -0.2) is 9.50 Å². The van der Waals surface area contributed by atoms with E-state index < -0.39 is 31.0 Å². The molecule has 0 aromatic carbocycles. The highest BCUT2D eigenvalue weighted by Crippen LogP contribution is 2.21. The predicted molar refractivity (Wildman–Crippen MR) is 50.3 cm³/mol. The third-order valence-electron chi connectivity index (χ3n) is 2.05. The maximum atomic E-state index is 12.1. The summed E-state index contributed by atoms with van der Waals surface area (Å²) in [5.41, 5.74) is -0.328. The van der Waals surface area contributed by atoms with Crippen molar-refractivity contribution in [2.45, 2.75) is 25.2 Å². The Morgan fingerprint density at radius 1 is 0.947 bits per heavy atom. The van der Waals surface area contributed by atoms with E-state index in [9.17, 15) is 26.3 Å². The smallest absolute Gasteiger partial charge is 0.216 e. The number of alkyl halides is 6. The Balaban J connectivity index is 2.28. The van der Waals surface area contributed by atoms with Crippen LogP contribution in [0.2, 0.25) is 0 Å². The summed E-state index contributed by atoms with van der Waals surface area (Å²) in [6.45, 7) is 0. The van der Waals surface area contributed by atoms with Crippen LogP contribution in [0.4, 0.5) is 26.3 Å². The maximum absolute atomic E-state index is 12.1. The fourth-order valence-electron chi connectivity index (χ4n) is 1.41. The van der Waals surface area contributed by atoms with Gasteiger partial charge in [0.25, 0.3) is 5.78 Å². The molecule has 0 N–H and O–H groups in total. The van der Waals surface area contributed by atoms with Crippen LogP contribution in [0, 0.1) is 0 Å². The van der Waals surface area contributed by atoms with Gasteiger partial charge in [-0.3, -0.25) is 0 Å². The van der Waals surface area contributed by atoms with E-state index in [2.05, 4.69) is 15.1 Å². The summed E-state index contributed by atoms with van der Waals surface area (Å²) in [5, 5.41) is 3.48. The summed E-state index contributed by atoms with van der Waals surface area (Å²) in [4.78, 5) is 6.96. The van der Waals surface area contributed by atoms with E-state index in [1.54, 1.807) is 0 Å². The fourth-order valence-corrected chi connectivity index (χ4v) is 1.41. The zero-order valence-electron chi connectivity index (χ0n) is 9.13. The van der Waals surface area contributed by atoms with Crippen molar-refractivity contribution in [2.75, 3.05) is 0 Å². The molecule has 19 heavy (non-hydrogen) atoms. The lowest BCUT2D eigenvalue weighted by Gasteiger charge is -2.04. The molecule has 2 rings (SSSR count). The standard InChI is InChI=1S/C9H6F6N4/c10-8(11,12)3-5-1-2-19-7(16-5)17-6(18-19)4-9(13,14)15/h1-2H,3-4H2. The van der Waals surface area contributed by atoms with Gasteiger partial charge in [0.2, 0.25) is 0 Å². The number of aromatic nitrogens is 4. The molecule has 2 aromatic rings. The molecule has 2 heterocycles. The minimum atomic E-state index is -4.49. The Morgan fingerprint density at radius 3 is 2.16 bits per heavy atom. The fraction of sp³-hybridized carbons (Fsp3) is 0.444. The number of nitrogens with zero attached hydrogens (tertiary/aromatic N) is 4. The van der Waals surface area contributed by atoms with Crippen LogP contribution in [0.15, 0.2) is 12.3 Å². The van der Waals surface area contributed by atoms with Gasteiger partial charge in [0.1, 0.15) is 6.42 Å². The molecule has 2 aromatic heterocycles. The molecule has 0 spiro atoms. The molecule has 0 saturated heterocycles. The minimum Gasteiger partial charge on any atom is -0.216 e. The average molecular weight is 284 g/mol. The quantitative estimate of drug-likeness (QED) is 0.795. The number of rotatable bonds is 2. The Bertz CT molecular complexity index is 570. The van der Waals surface area contributed by atoms with Crippen LogP contribution < -0.4 is 0 Å². The van der Waals surface area contributed by atoms with Crippen molar-refractivity contribution >= 4 is 5.78 Å². The summed E-state index contributed by atoms with van der Waals surface area (Å²) >= 11 is 0. The van der Waals surface area contributed by atoms with E-state index in [0.717, 1.165) is 16.8 Å². The Morgan fingerprint density at radius 2 is 1.58 bits per heavy atom. The highest BCUT2D eigenvalue weighted by atomic mass is 19.4. The average Bonchev–Trinajstić information content (AvgIpc) is 2.53. The summed E-state index contributed by atoms with van der Waals surface area (Å²) in [6.07, 6.45) is -10.5. The second kappa shape index (κ2) is 4.35. The van der Waals surface area contributed by atoms with Gasteiger partial charge in [0.15, 0.2) is 5.82 Å². The number of fused-ring (bicyclic) bond motifs is 1. The molecule has 10 heteroatoms. The van der Waals surface area contributed by atoms with Crippen LogP contribution >= 0.6 is 0 Å². The van der Waals surface area contributed by atoms with E-state index in [1.807, 2.05) is 0 Å². The molecular weight excluding hydrogens is 278 g/mol. The minimum absolute atomic E-state index is 0.291. The molecule has 0 aliphatic carbocycles. The van der Waals surface area contributed by atoms with E-state index in [1.165, 1.54) is 0 Å². The summed E-state index contributed by atoms with van der Waals surface area (Å²) in [7, 11) is 0. The van der Waals surface area contributed by atoms with Gasteiger partial charge in [-0.1, -0.05) is 0 Å². The van der Waals surface area contributed by atoms with Crippen LogP contribution in [0.1, 0.15) is 11.5 Å². The van der Waals surface area contributed by atoms with Crippen molar-refractivity contribution in [3.05, 3.63) is 23.8 Å². The zero-order valence-corrected chi connectivity index (χ0v) is 9.13. The summed E-state index contributed by atoms with van der Waals surface area (Å²) in [5.74, 6) is -0.829. The number of halogens is 6. The normalized spacial score (nSPS) is 13.2. The molecule has 0 aliphatic rings.